The van der Waals surface area contributed by atoms with Crippen molar-refractivity contribution in [1.82, 2.24) is 0 Å². The molecule has 5 rings (SSSR count). The molecule has 3 aliphatic rings. The third-order valence-corrected chi connectivity index (χ3v) is 14.0. The number of carbonyl (C=O) groups excluding carboxylic acids is 1. The van der Waals surface area contributed by atoms with Crippen molar-refractivity contribution >= 4 is 14.1 Å². The molecule has 3 aliphatic heterocycles. The standard InChI is InChI=1S/C35H50O7Si/c1-35(2,3)43(4,5)42-28-17-12-18-38-30(28)20-29-27(36)19-32-33(40-29)21-31(39-23-26-15-10-7-11-16-26)34(41-32)24-37-22-25-13-8-6-9-14-25/h6-11,13-16,28-34H,12,17-24H2,1-5H3/t28-,29-,30+,31-,32-,33+,34+/m0/s1. The van der Waals surface area contributed by atoms with E-state index in [-0.39, 0.29) is 47.4 Å². The van der Waals surface area contributed by atoms with Crippen LogP contribution < -0.4 is 0 Å². The van der Waals surface area contributed by atoms with Gasteiger partial charge in [0, 0.05) is 25.9 Å². The number of benzene rings is 2. The Morgan fingerprint density at radius 2 is 1.53 bits per heavy atom. The quantitative estimate of drug-likeness (QED) is 0.265. The second kappa shape index (κ2) is 14.5. The molecule has 3 saturated heterocycles. The van der Waals surface area contributed by atoms with Gasteiger partial charge in [-0.3, -0.25) is 4.79 Å². The summed E-state index contributed by atoms with van der Waals surface area (Å²) in [5, 5.41) is 0.106. The Hall–Kier alpha value is -1.91. The van der Waals surface area contributed by atoms with Crippen molar-refractivity contribution in [3.8, 4) is 0 Å². The molecule has 236 valence electrons. The van der Waals surface area contributed by atoms with Crippen LogP contribution in [0.25, 0.3) is 0 Å². The highest BCUT2D eigenvalue weighted by molar-refractivity contribution is 6.74. The van der Waals surface area contributed by atoms with Crippen LogP contribution in [0.1, 0.15) is 64.0 Å². The van der Waals surface area contributed by atoms with Gasteiger partial charge in [-0.15, -0.1) is 0 Å². The van der Waals surface area contributed by atoms with Crippen LogP contribution in [-0.4, -0.2) is 70.0 Å². The van der Waals surface area contributed by atoms with E-state index in [1.165, 1.54) is 0 Å². The SMILES string of the molecule is CC(C)(C)[Si](C)(C)O[C@H]1CCCO[C@@H]1C[C@@H]1O[C@@H]2C[C@H](OCc3ccccc3)[C@@H](COCc3ccccc3)O[C@H]2CC1=O. The van der Waals surface area contributed by atoms with E-state index >= 15 is 0 Å². The largest absolute Gasteiger partial charge is 0.411 e. The van der Waals surface area contributed by atoms with E-state index in [0.29, 0.717) is 45.7 Å². The number of rotatable bonds is 11. The first-order valence-corrected chi connectivity index (χ1v) is 18.9. The van der Waals surface area contributed by atoms with Crippen molar-refractivity contribution in [2.75, 3.05) is 13.2 Å². The highest BCUT2D eigenvalue weighted by Crippen LogP contribution is 2.40. The van der Waals surface area contributed by atoms with Crippen LogP contribution in [0.5, 0.6) is 0 Å². The van der Waals surface area contributed by atoms with Gasteiger partial charge < -0.3 is 28.1 Å². The molecule has 3 heterocycles. The second-order valence-corrected chi connectivity index (χ2v) is 18.6. The van der Waals surface area contributed by atoms with Gasteiger partial charge in [-0.2, -0.15) is 0 Å². The monoisotopic (exact) mass is 610 g/mol. The summed E-state index contributed by atoms with van der Waals surface area (Å²) in [5.41, 5.74) is 2.21. The number of Topliss-reactive ketones (excluding diaryl/α,β-unsaturated/α-hetero) is 1. The maximum Gasteiger partial charge on any atom is 0.192 e. The Bertz CT molecular complexity index is 1150. The van der Waals surface area contributed by atoms with Crippen molar-refractivity contribution in [3.05, 3.63) is 71.8 Å². The lowest BCUT2D eigenvalue weighted by Gasteiger charge is -2.46. The molecule has 43 heavy (non-hydrogen) atoms. The molecular weight excluding hydrogens is 560 g/mol. The third-order valence-electron chi connectivity index (χ3n) is 9.52. The molecular formula is C35H50O7Si. The fourth-order valence-electron chi connectivity index (χ4n) is 5.96. The van der Waals surface area contributed by atoms with E-state index in [4.69, 9.17) is 28.1 Å². The Kier molecular flexibility index (Phi) is 10.9. The van der Waals surface area contributed by atoms with Crippen molar-refractivity contribution in [3.63, 3.8) is 0 Å². The highest BCUT2D eigenvalue weighted by atomic mass is 28.4. The van der Waals surface area contributed by atoms with Crippen molar-refractivity contribution in [2.24, 2.45) is 0 Å². The summed E-state index contributed by atoms with van der Waals surface area (Å²) in [7, 11) is -1.99. The van der Waals surface area contributed by atoms with Gasteiger partial charge in [0.25, 0.3) is 0 Å². The van der Waals surface area contributed by atoms with Crippen LogP contribution in [0.2, 0.25) is 18.1 Å². The van der Waals surface area contributed by atoms with Gasteiger partial charge in [-0.05, 0) is 42.1 Å². The van der Waals surface area contributed by atoms with E-state index in [1.54, 1.807) is 0 Å². The number of hydrogen-bond donors (Lipinski definition) is 0. The Labute approximate surface area is 258 Å². The zero-order valence-electron chi connectivity index (χ0n) is 26.5. The summed E-state index contributed by atoms with van der Waals surface area (Å²) in [4.78, 5) is 13.4. The first kappa shape index (κ1) is 32.5. The molecule has 2 aromatic rings. The average Bonchev–Trinajstić information content (AvgIpc) is 2.98. The van der Waals surface area contributed by atoms with Gasteiger partial charge in [0.15, 0.2) is 14.1 Å². The van der Waals surface area contributed by atoms with Gasteiger partial charge in [-0.25, -0.2) is 0 Å². The summed E-state index contributed by atoms with van der Waals surface area (Å²) in [5.74, 6) is 0.0779. The first-order chi connectivity index (χ1) is 20.6. The van der Waals surface area contributed by atoms with Gasteiger partial charge >= 0.3 is 0 Å². The summed E-state index contributed by atoms with van der Waals surface area (Å²) in [6.45, 7) is 13.4. The van der Waals surface area contributed by atoms with E-state index in [9.17, 15) is 4.79 Å². The van der Waals surface area contributed by atoms with Gasteiger partial charge in [-0.1, -0.05) is 81.4 Å². The topological polar surface area (TPSA) is 72.5 Å². The van der Waals surface area contributed by atoms with E-state index in [2.05, 4.69) is 46.0 Å². The minimum absolute atomic E-state index is 0.0144. The van der Waals surface area contributed by atoms with Crippen LogP contribution in [0.4, 0.5) is 0 Å². The van der Waals surface area contributed by atoms with Crippen LogP contribution >= 0.6 is 0 Å². The smallest absolute Gasteiger partial charge is 0.192 e. The molecule has 7 nitrogen and oxygen atoms in total. The normalized spacial score (nSPS) is 30.2. The highest BCUT2D eigenvalue weighted by Gasteiger charge is 2.48. The molecule has 0 aliphatic carbocycles. The molecule has 8 heteroatoms. The number of ether oxygens (including phenoxy) is 5. The number of carbonyl (C=O) groups is 1. The van der Waals surface area contributed by atoms with Crippen LogP contribution in [0.3, 0.4) is 0 Å². The molecule has 2 aromatic carbocycles. The van der Waals surface area contributed by atoms with Crippen molar-refractivity contribution in [1.29, 1.82) is 0 Å². The van der Waals surface area contributed by atoms with Crippen molar-refractivity contribution < 1.29 is 32.9 Å². The molecule has 0 amide bonds. The Morgan fingerprint density at radius 1 is 0.860 bits per heavy atom. The predicted octanol–water partition coefficient (Wildman–Crippen LogP) is 6.63. The van der Waals surface area contributed by atoms with Gasteiger partial charge in [0.1, 0.15) is 12.2 Å². The van der Waals surface area contributed by atoms with E-state index < -0.39 is 14.4 Å². The lowest BCUT2D eigenvalue weighted by molar-refractivity contribution is -0.238. The van der Waals surface area contributed by atoms with Crippen LogP contribution in [0.15, 0.2) is 60.7 Å². The van der Waals surface area contributed by atoms with Crippen LogP contribution in [0, 0.1) is 0 Å². The first-order valence-electron chi connectivity index (χ1n) is 16.0. The fourth-order valence-corrected chi connectivity index (χ4v) is 7.34. The van der Waals surface area contributed by atoms with Gasteiger partial charge in [0.2, 0.25) is 0 Å². The maximum absolute atomic E-state index is 13.4. The number of ketones is 1. The Morgan fingerprint density at radius 3 is 2.21 bits per heavy atom. The summed E-state index contributed by atoms with van der Waals surface area (Å²) < 4.78 is 38.6. The molecule has 0 N–H and O–H groups in total. The van der Waals surface area contributed by atoms with Crippen molar-refractivity contribution in [2.45, 2.75) is 127 Å². The zero-order valence-corrected chi connectivity index (χ0v) is 27.5. The average molecular weight is 611 g/mol. The fraction of sp³-hybridized carbons (Fsp3) is 0.629. The Balaban J connectivity index is 1.23. The summed E-state index contributed by atoms with van der Waals surface area (Å²) >= 11 is 0. The molecule has 0 radical (unpaired) electrons. The summed E-state index contributed by atoms with van der Waals surface area (Å²) in [6, 6.07) is 20.3. The lowest BCUT2D eigenvalue weighted by Crippen LogP contribution is -2.57. The molecule has 0 aromatic heterocycles. The van der Waals surface area contributed by atoms with Gasteiger partial charge in [0.05, 0.1) is 50.3 Å². The third kappa shape index (κ3) is 8.63. The van der Waals surface area contributed by atoms with E-state index in [0.717, 1.165) is 24.0 Å². The zero-order chi connectivity index (χ0) is 30.5. The maximum atomic E-state index is 13.4. The molecule has 0 spiro atoms. The molecule has 7 atom stereocenters. The number of hydrogen-bond acceptors (Lipinski definition) is 7. The number of fused-ring (bicyclic) bond motifs is 1. The molecule has 0 unspecified atom stereocenters. The molecule has 3 fully saturated rings. The molecule has 0 bridgehead atoms. The minimum Gasteiger partial charge on any atom is -0.411 e. The minimum atomic E-state index is -1.99. The summed E-state index contributed by atoms with van der Waals surface area (Å²) in [6.07, 6.45) is 1.69. The van der Waals surface area contributed by atoms with Crippen LogP contribution in [-0.2, 0) is 46.1 Å². The van der Waals surface area contributed by atoms with E-state index in [1.807, 2.05) is 48.5 Å². The lowest BCUT2D eigenvalue weighted by atomic mass is 9.88. The molecule has 0 saturated carbocycles. The predicted molar refractivity (Wildman–Crippen MR) is 168 cm³/mol. The second-order valence-electron chi connectivity index (χ2n) is 13.8.